The Bertz CT molecular complexity index is 422. The molecule has 0 aliphatic carbocycles. The quantitative estimate of drug-likeness (QED) is 0.616. The summed E-state index contributed by atoms with van der Waals surface area (Å²) in [6, 6.07) is -2.26. The van der Waals surface area contributed by atoms with E-state index < -0.39 is 24.1 Å². The molecule has 0 fully saturated rings. The van der Waals surface area contributed by atoms with Crippen LogP contribution in [-0.2, 0) is 4.79 Å². The fraction of sp³-hybridized carbons (Fsp3) is 0.545. The summed E-state index contributed by atoms with van der Waals surface area (Å²) in [7, 11) is 0. The van der Waals surface area contributed by atoms with Gasteiger partial charge in [-0.2, -0.15) is 0 Å². The van der Waals surface area contributed by atoms with E-state index in [-0.39, 0.29) is 6.04 Å². The first-order valence-electron chi connectivity index (χ1n) is 5.83. The minimum absolute atomic E-state index is 0.275. The van der Waals surface area contributed by atoms with Crippen LogP contribution in [0.15, 0.2) is 11.6 Å². The van der Waals surface area contributed by atoms with Crippen molar-refractivity contribution in [3.63, 3.8) is 0 Å². The molecule has 1 heterocycles. The number of carboxylic acids is 1. The van der Waals surface area contributed by atoms with E-state index in [1.807, 2.05) is 6.92 Å². The lowest BCUT2D eigenvalue weighted by atomic mass is 10.2. The monoisotopic (exact) mass is 287 g/mol. The maximum atomic E-state index is 11.7. The molecule has 0 saturated heterocycles. The van der Waals surface area contributed by atoms with Crippen LogP contribution in [0.4, 0.5) is 4.79 Å². The van der Waals surface area contributed by atoms with Crippen molar-refractivity contribution in [2.24, 2.45) is 0 Å². The third-order valence-corrected chi connectivity index (χ3v) is 3.39. The Morgan fingerprint density at radius 2 is 2.16 bits per heavy atom. The molecule has 0 aliphatic heterocycles. The van der Waals surface area contributed by atoms with Crippen molar-refractivity contribution in [2.75, 3.05) is 0 Å². The van der Waals surface area contributed by atoms with Crippen LogP contribution in [0, 0.1) is 0 Å². The third-order valence-electron chi connectivity index (χ3n) is 2.50. The molecule has 7 nitrogen and oxygen atoms in total. The van der Waals surface area contributed by atoms with Crippen LogP contribution < -0.4 is 10.6 Å². The molecule has 3 atom stereocenters. The molecule has 0 radical (unpaired) electrons. The number of amides is 2. The van der Waals surface area contributed by atoms with E-state index in [1.54, 1.807) is 11.6 Å². The summed E-state index contributed by atoms with van der Waals surface area (Å²) in [6.45, 7) is 3.19. The van der Waals surface area contributed by atoms with Crippen molar-refractivity contribution in [3.05, 3.63) is 16.6 Å². The van der Waals surface area contributed by atoms with Crippen LogP contribution in [0.2, 0.25) is 0 Å². The fourth-order valence-electron chi connectivity index (χ4n) is 1.47. The third kappa shape index (κ3) is 4.49. The topological polar surface area (TPSA) is 112 Å². The van der Waals surface area contributed by atoms with Crippen LogP contribution >= 0.6 is 11.3 Å². The maximum Gasteiger partial charge on any atom is 0.328 e. The molecule has 3 unspecified atom stereocenters. The molecule has 4 N–H and O–H groups in total. The summed E-state index contributed by atoms with van der Waals surface area (Å²) in [4.78, 5) is 26.7. The van der Waals surface area contributed by atoms with Crippen LogP contribution in [0.5, 0.6) is 0 Å². The van der Waals surface area contributed by atoms with Gasteiger partial charge in [0.05, 0.1) is 12.1 Å². The number of hydrogen-bond acceptors (Lipinski definition) is 5. The summed E-state index contributed by atoms with van der Waals surface area (Å²) >= 11 is 1.41. The lowest BCUT2D eigenvalue weighted by molar-refractivity contribution is -0.141. The number of nitrogens with zero attached hydrogens (tertiary/aromatic N) is 1. The van der Waals surface area contributed by atoms with Crippen molar-refractivity contribution in [2.45, 2.75) is 38.5 Å². The molecule has 0 aromatic carbocycles. The highest BCUT2D eigenvalue weighted by Gasteiger charge is 2.26. The van der Waals surface area contributed by atoms with Crippen molar-refractivity contribution in [1.29, 1.82) is 0 Å². The average molecular weight is 287 g/mol. The summed E-state index contributed by atoms with van der Waals surface area (Å²) in [6.07, 6.45) is 1.09. The number of aliphatic carboxylic acids is 1. The Hall–Kier alpha value is -1.67. The number of carbonyl (C=O) groups is 2. The van der Waals surface area contributed by atoms with Crippen molar-refractivity contribution < 1.29 is 19.8 Å². The van der Waals surface area contributed by atoms with Gasteiger partial charge in [-0.05, 0) is 13.3 Å². The maximum absolute atomic E-state index is 11.7. The first-order valence-corrected chi connectivity index (χ1v) is 6.71. The lowest BCUT2D eigenvalue weighted by Crippen LogP contribution is -2.51. The normalized spacial score (nSPS) is 15.3. The molecular formula is C11H17N3O4S. The number of nitrogens with one attached hydrogen (secondary N) is 2. The van der Waals surface area contributed by atoms with E-state index in [9.17, 15) is 14.7 Å². The number of thiazole rings is 1. The predicted molar refractivity (Wildman–Crippen MR) is 69.9 cm³/mol. The highest BCUT2D eigenvalue weighted by Crippen LogP contribution is 2.18. The van der Waals surface area contributed by atoms with E-state index in [0.717, 1.165) is 5.01 Å². The second kappa shape index (κ2) is 7.05. The Labute approximate surface area is 114 Å². The number of aliphatic hydroxyl groups is 1. The summed E-state index contributed by atoms with van der Waals surface area (Å²) in [5.74, 6) is -1.28. The molecule has 8 heteroatoms. The number of hydrogen-bond donors (Lipinski definition) is 4. The van der Waals surface area contributed by atoms with Crippen LogP contribution in [0.1, 0.15) is 31.3 Å². The van der Waals surface area contributed by atoms with E-state index >= 15 is 0 Å². The molecule has 1 aromatic heterocycles. The molecule has 1 aromatic rings. The van der Waals surface area contributed by atoms with Gasteiger partial charge in [0, 0.05) is 11.6 Å². The van der Waals surface area contributed by atoms with Crippen LogP contribution in [-0.4, -0.2) is 39.3 Å². The van der Waals surface area contributed by atoms with Gasteiger partial charge in [0.2, 0.25) is 0 Å². The smallest absolute Gasteiger partial charge is 0.328 e. The molecule has 19 heavy (non-hydrogen) atoms. The second-order valence-corrected chi connectivity index (χ2v) is 4.93. The Balaban J connectivity index is 2.61. The van der Waals surface area contributed by atoms with Crippen LogP contribution in [0.3, 0.4) is 0 Å². The Kier molecular flexibility index (Phi) is 5.71. The van der Waals surface area contributed by atoms with Gasteiger partial charge in [0.25, 0.3) is 0 Å². The first kappa shape index (κ1) is 15.4. The number of urea groups is 1. The molecule has 0 aliphatic rings. The summed E-state index contributed by atoms with van der Waals surface area (Å²) < 4.78 is 0. The molecule has 1 rings (SSSR count). The van der Waals surface area contributed by atoms with Gasteiger partial charge >= 0.3 is 12.0 Å². The average Bonchev–Trinajstić information content (AvgIpc) is 2.85. The standard InChI is InChI=1S/C11H17N3O4S/c1-3-7(9-12-4-5-19-9)13-11(18)14-8(6(2)15)10(16)17/h4-8,15H,3H2,1-2H3,(H,16,17)(H2,13,14,18). The molecule has 106 valence electrons. The number of carboxylic acid groups (broad SMARTS) is 1. The second-order valence-electron chi connectivity index (χ2n) is 4.01. The highest BCUT2D eigenvalue weighted by atomic mass is 32.1. The predicted octanol–water partition coefficient (Wildman–Crippen LogP) is 0.727. The number of aromatic nitrogens is 1. The van der Waals surface area contributed by atoms with Gasteiger partial charge in [-0.3, -0.25) is 0 Å². The molecular weight excluding hydrogens is 270 g/mol. The zero-order chi connectivity index (χ0) is 14.4. The van der Waals surface area contributed by atoms with Gasteiger partial charge in [0.1, 0.15) is 5.01 Å². The van der Waals surface area contributed by atoms with Gasteiger partial charge in [-0.15, -0.1) is 11.3 Å². The van der Waals surface area contributed by atoms with E-state index in [0.29, 0.717) is 6.42 Å². The zero-order valence-corrected chi connectivity index (χ0v) is 11.5. The van der Waals surface area contributed by atoms with Gasteiger partial charge < -0.3 is 20.8 Å². The van der Waals surface area contributed by atoms with Gasteiger partial charge in [-0.1, -0.05) is 6.92 Å². The summed E-state index contributed by atoms with van der Waals surface area (Å²) in [5.41, 5.74) is 0. The van der Waals surface area contributed by atoms with E-state index in [1.165, 1.54) is 18.3 Å². The Morgan fingerprint density at radius 3 is 2.58 bits per heavy atom. The molecule has 0 saturated carbocycles. The zero-order valence-electron chi connectivity index (χ0n) is 10.7. The van der Waals surface area contributed by atoms with Crippen molar-refractivity contribution in [3.8, 4) is 0 Å². The van der Waals surface area contributed by atoms with Crippen molar-refractivity contribution >= 4 is 23.3 Å². The van der Waals surface area contributed by atoms with Gasteiger partial charge in [-0.25, -0.2) is 14.6 Å². The first-order chi connectivity index (χ1) is 8.95. The lowest BCUT2D eigenvalue weighted by Gasteiger charge is -2.20. The molecule has 0 spiro atoms. The molecule has 2 amide bonds. The SMILES string of the molecule is CCC(NC(=O)NC(C(=O)O)C(C)O)c1nccs1. The molecule has 0 bridgehead atoms. The Morgan fingerprint density at radius 1 is 1.47 bits per heavy atom. The minimum atomic E-state index is -1.34. The number of rotatable bonds is 6. The van der Waals surface area contributed by atoms with Crippen molar-refractivity contribution in [1.82, 2.24) is 15.6 Å². The summed E-state index contributed by atoms with van der Waals surface area (Å²) in [5, 5.41) is 25.5. The number of aliphatic hydroxyl groups excluding tert-OH is 1. The van der Waals surface area contributed by atoms with E-state index in [4.69, 9.17) is 5.11 Å². The van der Waals surface area contributed by atoms with E-state index in [2.05, 4.69) is 15.6 Å². The highest BCUT2D eigenvalue weighted by molar-refractivity contribution is 7.09. The minimum Gasteiger partial charge on any atom is -0.480 e. The van der Waals surface area contributed by atoms with Gasteiger partial charge in [0.15, 0.2) is 6.04 Å². The van der Waals surface area contributed by atoms with Crippen LogP contribution in [0.25, 0.3) is 0 Å². The number of carbonyl (C=O) groups excluding carboxylic acids is 1. The largest absolute Gasteiger partial charge is 0.480 e. The fourth-order valence-corrected chi connectivity index (χ4v) is 2.25.